The van der Waals surface area contributed by atoms with E-state index in [-0.39, 0.29) is 5.54 Å². The zero-order chi connectivity index (χ0) is 14.9. The topological polar surface area (TPSA) is 29.3 Å². The second kappa shape index (κ2) is 5.77. The summed E-state index contributed by atoms with van der Waals surface area (Å²) in [5, 5.41) is 0. The zero-order valence-corrected chi connectivity index (χ0v) is 13.7. The zero-order valence-electron chi connectivity index (χ0n) is 13.7. The lowest BCUT2D eigenvalue weighted by Crippen LogP contribution is -2.56. The van der Waals surface area contributed by atoms with Gasteiger partial charge in [-0.05, 0) is 56.6 Å². The number of benzene rings is 1. The van der Waals surface area contributed by atoms with Crippen LogP contribution in [0.3, 0.4) is 0 Å². The predicted molar refractivity (Wildman–Crippen MR) is 88.3 cm³/mol. The van der Waals surface area contributed by atoms with Crippen molar-refractivity contribution in [1.29, 1.82) is 0 Å². The van der Waals surface area contributed by atoms with Crippen molar-refractivity contribution in [2.75, 3.05) is 18.5 Å². The van der Waals surface area contributed by atoms with Crippen molar-refractivity contribution in [2.45, 2.75) is 52.5 Å². The number of rotatable bonds is 3. The fourth-order valence-electron chi connectivity index (χ4n) is 4.25. The molecule has 20 heavy (non-hydrogen) atoms. The van der Waals surface area contributed by atoms with Crippen LogP contribution in [0.1, 0.15) is 44.2 Å². The summed E-state index contributed by atoms with van der Waals surface area (Å²) in [6, 6.07) is 6.73. The van der Waals surface area contributed by atoms with Crippen molar-refractivity contribution < 1.29 is 0 Å². The number of nitrogens with zero attached hydrogens (tertiary/aromatic N) is 1. The lowest BCUT2D eigenvalue weighted by Gasteiger charge is -2.49. The molecule has 0 aromatic heterocycles. The van der Waals surface area contributed by atoms with Gasteiger partial charge in [-0.3, -0.25) is 0 Å². The molecule has 2 heteroatoms. The van der Waals surface area contributed by atoms with Crippen LogP contribution in [0.25, 0.3) is 0 Å². The van der Waals surface area contributed by atoms with Crippen LogP contribution in [0.2, 0.25) is 0 Å². The van der Waals surface area contributed by atoms with Gasteiger partial charge in [0.05, 0.1) is 5.54 Å². The van der Waals surface area contributed by atoms with Crippen molar-refractivity contribution >= 4 is 5.69 Å². The molecule has 0 radical (unpaired) electrons. The molecule has 1 fully saturated rings. The second-order valence-corrected chi connectivity index (χ2v) is 7.13. The Balaban J connectivity index is 2.35. The van der Waals surface area contributed by atoms with E-state index in [1.54, 1.807) is 0 Å². The SMILES string of the molecule is Cc1ccc(N(C)C2(CN)CC(C)CC(C)C2)c(C)c1. The third-order valence-electron chi connectivity index (χ3n) is 5.07. The van der Waals surface area contributed by atoms with Gasteiger partial charge in [0.15, 0.2) is 0 Å². The van der Waals surface area contributed by atoms with Gasteiger partial charge in [0, 0.05) is 19.3 Å². The molecule has 0 heterocycles. The van der Waals surface area contributed by atoms with Crippen molar-refractivity contribution in [1.82, 2.24) is 0 Å². The van der Waals surface area contributed by atoms with Crippen molar-refractivity contribution in [3.8, 4) is 0 Å². The largest absolute Gasteiger partial charge is 0.367 e. The van der Waals surface area contributed by atoms with Gasteiger partial charge in [-0.15, -0.1) is 0 Å². The van der Waals surface area contributed by atoms with Crippen LogP contribution in [0, 0.1) is 25.7 Å². The smallest absolute Gasteiger partial charge is 0.0526 e. The lowest BCUT2D eigenvalue weighted by atomic mass is 9.70. The Morgan fingerprint density at radius 3 is 2.30 bits per heavy atom. The molecule has 1 aliphatic rings. The molecule has 2 N–H and O–H groups in total. The van der Waals surface area contributed by atoms with E-state index in [1.165, 1.54) is 36.1 Å². The third-order valence-corrected chi connectivity index (χ3v) is 5.07. The minimum absolute atomic E-state index is 0.122. The van der Waals surface area contributed by atoms with Crippen molar-refractivity contribution in [3.05, 3.63) is 29.3 Å². The van der Waals surface area contributed by atoms with E-state index in [2.05, 4.69) is 57.8 Å². The first-order valence-corrected chi connectivity index (χ1v) is 7.89. The minimum Gasteiger partial charge on any atom is -0.367 e. The molecule has 1 aromatic rings. The predicted octanol–water partition coefficient (Wildman–Crippen LogP) is 3.89. The molecule has 0 amide bonds. The number of hydrogen-bond acceptors (Lipinski definition) is 2. The number of hydrogen-bond donors (Lipinski definition) is 1. The summed E-state index contributed by atoms with van der Waals surface area (Å²) in [5.74, 6) is 1.52. The first kappa shape index (κ1) is 15.4. The molecular weight excluding hydrogens is 244 g/mol. The molecule has 2 rings (SSSR count). The van der Waals surface area contributed by atoms with Crippen LogP contribution in [0.15, 0.2) is 18.2 Å². The highest BCUT2D eigenvalue weighted by atomic mass is 15.2. The van der Waals surface area contributed by atoms with E-state index in [0.717, 1.165) is 18.4 Å². The molecular formula is C18H30N2. The Morgan fingerprint density at radius 1 is 1.20 bits per heavy atom. The average molecular weight is 274 g/mol. The highest BCUT2D eigenvalue weighted by Gasteiger charge is 2.40. The molecule has 0 aliphatic heterocycles. The fraction of sp³-hybridized carbons (Fsp3) is 0.667. The summed E-state index contributed by atoms with van der Waals surface area (Å²) in [6.45, 7) is 9.84. The van der Waals surface area contributed by atoms with E-state index < -0.39 is 0 Å². The van der Waals surface area contributed by atoms with Crippen LogP contribution in [0.5, 0.6) is 0 Å². The highest BCUT2D eigenvalue weighted by molar-refractivity contribution is 5.56. The molecule has 0 bridgehead atoms. The normalized spacial score (nSPS) is 30.3. The maximum Gasteiger partial charge on any atom is 0.0526 e. The summed E-state index contributed by atoms with van der Waals surface area (Å²) >= 11 is 0. The minimum atomic E-state index is 0.122. The Labute approximate surface area is 124 Å². The van der Waals surface area contributed by atoms with Crippen LogP contribution < -0.4 is 10.6 Å². The highest BCUT2D eigenvalue weighted by Crippen LogP contribution is 2.41. The van der Waals surface area contributed by atoms with Gasteiger partial charge in [-0.1, -0.05) is 31.5 Å². The van der Waals surface area contributed by atoms with Crippen molar-refractivity contribution in [2.24, 2.45) is 17.6 Å². The van der Waals surface area contributed by atoms with E-state index in [4.69, 9.17) is 5.73 Å². The van der Waals surface area contributed by atoms with Gasteiger partial charge in [0.25, 0.3) is 0 Å². The van der Waals surface area contributed by atoms with Crippen molar-refractivity contribution in [3.63, 3.8) is 0 Å². The molecule has 112 valence electrons. The Bertz CT molecular complexity index is 456. The summed E-state index contributed by atoms with van der Waals surface area (Å²) in [7, 11) is 2.23. The summed E-state index contributed by atoms with van der Waals surface area (Å²) < 4.78 is 0. The Hall–Kier alpha value is -1.02. The number of nitrogens with two attached hydrogens (primary N) is 1. The fourth-order valence-corrected chi connectivity index (χ4v) is 4.25. The van der Waals surface area contributed by atoms with E-state index in [9.17, 15) is 0 Å². The summed E-state index contributed by atoms with van der Waals surface area (Å²) in [4.78, 5) is 2.47. The average Bonchev–Trinajstić information content (AvgIpc) is 2.36. The van der Waals surface area contributed by atoms with Gasteiger partial charge in [-0.2, -0.15) is 0 Å². The Morgan fingerprint density at radius 2 is 1.80 bits per heavy atom. The monoisotopic (exact) mass is 274 g/mol. The first-order chi connectivity index (χ1) is 9.38. The van der Waals surface area contributed by atoms with Gasteiger partial charge < -0.3 is 10.6 Å². The number of anilines is 1. The van der Waals surface area contributed by atoms with Gasteiger partial charge in [-0.25, -0.2) is 0 Å². The molecule has 2 nitrogen and oxygen atoms in total. The molecule has 1 aromatic carbocycles. The molecule has 1 saturated carbocycles. The van der Waals surface area contributed by atoms with Crippen LogP contribution in [0.4, 0.5) is 5.69 Å². The van der Waals surface area contributed by atoms with E-state index in [0.29, 0.717) is 0 Å². The van der Waals surface area contributed by atoms with Gasteiger partial charge in [0.2, 0.25) is 0 Å². The molecule has 2 atom stereocenters. The van der Waals surface area contributed by atoms with Gasteiger partial charge in [0.1, 0.15) is 0 Å². The summed E-state index contributed by atoms with van der Waals surface area (Å²) in [6.07, 6.45) is 3.75. The van der Waals surface area contributed by atoms with E-state index >= 15 is 0 Å². The quantitative estimate of drug-likeness (QED) is 0.906. The maximum atomic E-state index is 6.24. The second-order valence-electron chi connectivity index (χ2n) is 7.13. The molecule has 2 unspecified atom stereocenters. The van der Waals surface area contributed by atoms with Crippen LogP contribution >= 0.6 is 0 Å². The molecule has 1 aliphatic carbocycles. The maximum absolute atomic E-state index is 6.24. The van der Waals surface area contributed by atoms with E-state index in [1.807, 2.05) is 0 Å². The lowest BCUT2D eigenvalue weighted by molar-refractivity contribution is 0.182. The Kier molecular flexibility index (Phi) is 4.43. The number of likely N-dealkylation sites (N-methyl/N-ethyl adjacent to an activating group) is 1. The van der Waals surface area contributed by atoms with Crippen LogP contribution in [-0.4, -0.2) is 19.1 Å². The first-order valence-electron chi connectivity index (χ1n) is 7.89. The number of aryl methyl sites for hydroxylation is 2. The van der Waals surface area contributed by atoms with Gasteiger partial charge >= 0.3 is 0 Å². The third kappa shape index (κ3) is 2.85. The molecule has 0 spiro atoms. The standard InChI is InChI=1S/C18H30N2/c1-13-6-7-17(16(4)9-13)20(5)18(12-19)10-14(2)8-15(3)11-18/h6-7,9,14-15H,8,10-12,19H2,1-5H3. The van der Waals surface area contributed by atoms with Crippen LogP contribution in [-0.2, 0) is 0 Å². The molecule has 0 saturated heterocycles. The summed E-state index contributed by atoms with van der Waals surface area (Å²) in [5.41, 5.74) is 10.4.